The fourth-order valence-electron chi connectivity index (χ4n) is 0.785. The first-order valence-corrected chi connectivity index (χ1v) is 4.92. The lowest BCUT2D eigenvalue weighted by Gasteiger charge is -1.95. The number of benzene rings is 1. The van der Waals surface area contributed by atoms with Gasteiger partial charge in [-0.1, -0.05) is 6.07 Å². The SMILES string of the molecule is O=C(O)c1cccc(C(=O)O)c1.O=[P+](O)O. The largest absolute Gasteiger partial charge is 0.692 e. The summed E-state index contributed by atoms with van der Waals surface area (Å²) < 4.78 is 8.70. The van der Waals surface area contributed by atoms with Crippen LogP contribution in [0.1, 0.15) is 20.7 Å². The van der Waals surface area contributed by atoms with Gasteiger partial charge in [-0.2, -0.15) is 0 Å². The molecule has 1 aromatic carbocycles. The molecule has 0 radical (unpaired) electrons. The summed E-state index contributed by atoms with van der Waals surface area (Å²) in [6.45, 7) is 0. The number of carboxylic acids is 2. The van der Waals surface area contributed by atoms with Crippen molar-refractivity contribution in [2.75, 3.05) is 0 Å². The number of hydrogen-bond donors (Lipinski definition) is 4. The molecule has 0 fully saturated rings. The molecule has 0 unspecified atom stereocenters. The lowest BCUT2D eigenvalue weighted by atomic mass is 10.1. The molecule has 0 aliphatic carbocycles. The summed E-state index contributed by atoms with van der Waals surface area (Å²) >= 11 is 0. The second-order valence-electron chi connectivity index (χ2n) is 2.44. The molecule has 1 aromatic rings. The van der Waals surface area contributed by atoms with Gasteiger partial charge in [-0.25, -0.2) is 9.59 Å². The minimum Gasteiger partial charge on any atom is -0.478 e. The Balaban J connectivity index is 0.000000487. The third-order valence-electron chi connectivity index (χ3n) is 1.36. The van der Waals surface area contributed by atoms with Crippen molar-refractivity contribution in [1.29, 1.82) is 0 Å². The van der Waals surface area contributed by atoms with E-state index in [0.717, 1.165) is 6.07 Å². The molecule has 0 atom stereocenters. The molecule has 86 valence electrons. The number of carbonyl (C=O) groups is 2. The molecule has 0 aromatic heterocycles. The summed E-state index contributed by atoms with van der Waals surface area (Å²) in [6.07, 6.45) is 0. The number of hydrogen-bond acceptors (Lipinski definition) is 3. The van der Waals surface area contributed by atoms with Gasteiger partial charge in [0, 0.05) is 4.57 Å². The van der Waals surface area contributed by atoms with Crippen molar-refractivity contribution in [1.82, 2.24) is 0 Å². The third-order valence-corrected chi connectivity index (χ3v) is 1.36. The van der Waals surface area contributed by atoms with Crippen LogP contribution >= 0.6 is 8.25 Å². The summed E-state index contributed by atoms with van der Waals surface area (Å²) in [6, 6.07) is 5.20. The molecule has 8 heteroatoms. The summed E-state index contributed by atoms with van der Waals surface area (Å²) in [7, 11) is -2.87. The molecule has 0 saturated heterocycles. The van der Waals surface area contributed by atoms with Crippen molar-refractivity contribution in [3.05, 3.63) is 35.4 Å². The van der Waals surface area contributed by atoms with E-state index in [1.807, 2.05) is 0 Å². The van der Waals surface area contributed by atoms with E-state index < -0.39 is 20.2 Å². The number of carboxylic acid groups (broad SMARTS) is 2. The van der Waals surface area contributed by atoms with Crippen LogP contribution in [0.15, 0.2) is 24.3 Å². The molecule has 0 aliphatic heterocycles. The Hall–Kier alpha value is -1.82. The van der Waals surface area contributed by atoms with Crippen LogP contribution in [0.25, 0.3) is 0 Å². The van der Waals surface area contributed by atoms with Gasteiger partial charge in [-0.3, -0.25) is 0 Å². The molecule has 0 saturated carbocycles. The summed E-state index contributed by atoms with van der Waals surface area (Å²) in [5, 5.41) is 17.0. The summed E-state index contributed by atoms with van der Waals surface area (Å²) in [4.78, 5) is 35.0. The van der Waals surface area contributed by atoms with Crippen molar-refractivity contribution < 1.29 is 34.2 Å². The summed E-state index contributed by atoms with van der Waals surface area (Å²) in [5.41, 5.74) is -0.0372. The Labute approximate surface area is 90.5 Å². The van der Waals surface area contributed by atoms with Gasteiger partial charge in [0.2, 0.25) is 0 Å². The zero-order valence-electron chi connectivity index (χ0n) is 7.77. The average molecular weight is 247 g/mol. The fourth-order valence-corrected chi connectivity index (χ4v) is 0.785. The van der Waals surface area contributed by atoms with Crippen LogP contribution in [0.5, 0.6) is 0 Å². The van der Waals surface area contributed by atoms with Crippen molar-refractivity contribution in [3.63, 3.8) is 0 Å². The Morgan fingerprint density at radius 3 is 1.56 bits per heavy atom. The first-order valence-electron chi connectivity index (χ1n) is 3.76. The predicted molar refractivity (Wildman–Crippen MR) is 52.4 cm³/mol. The normalized spacial score (nSPS) is 8.62. The van der Waals surface area contributed by atoms with Crippen molar-refractivity contribution in [2.45, 2.75) is 0 Å². The van der Waals surface area contributed by atoms with Crippen LogP contribution in [0, 0.1) is 0 Å². The molecule has 0 heterocycles. The molecule has 4 N–H and O–H groups in total. The van der Waals surface area contributed by atoms with Gasteiger partial charge < -0.3 is 10.2 Å². The number of aromatic carboxylic acids is 2. The Morgan fingerprint density at radius 2 is 1.31 bits per heavy atom. The van der Waals surface area contributed by atoms with Gasteiger partial charge in [0.1, 0.15) is 0 Å². The predicted octanol–water partition coefficient (Wildman–Crippen LogP) is 0.711. The highest BCUT2D eigenvalue weighted by Gasteiger charge is 2.06. The van der Waals surface area contributed by atoms with Crippen LogP contribution < -0.4 is 0 Å². The molecular weight excluding hydrogens is 239 g/mol. The smallest absolute Gasteiger partial charge is 0.478 e. The van der Waals surface area contributed by atoms with E-state index in [0.29, 0.717) is 0 Å². The van der Waals surface area contributed by atoms with E-state index in [1.54, 1.807) is 0 Å². The first kappa shape index (κ1) is 14.2. The molecule has 1 rings (SSSR count). The van der Waals surface area contributed by atoms with Crippen molar-refractivity contribution in [2.24, 2.45) is 0 Å². The Kier molecular flexibility index (Phi) is 5.87. The van der Waals surface area contributed by atoms with Crippen LogP contribution in [-0.4, -0.2) is 31.9 Å². The zero-order valence-corrected chi connectivity index (χ0v) is 8.66. The maximum absolute atomic E-state index is 10.4. The highest BCUT2D eigenvalue weighted by Crippen LogP contribution is 2.04. The molecule has 7 nitrogen and oxygen atoms in total. The second kappa shape index (κ2) is 6.62. The van der Waals surface area contributed by atoms with Gasteiger partial charge in [0.25, 0.3) is 0 Å². The van der Waals surface area contributed by atoms with Crippen LogP contribution in [0.4, 0.5) is 0 Å². The van der Waals surface area contributed by atoms with Crippen LogP contribution in [0.3, 0.4) is 0 Å². The van der Waals surface area contributed by atoms with E-state index in [9.17, 15) is 9.59 Å². The standard InChI is InChI=1S/C8H6O4.HO3P/c9-7(10)5-2-1-3-6(4-5)8(11)12;1-4(2)3/h1-4H,(H,9,10)(H,11,12);(H-,1,2,3)/p+1. The topological polar surface area (TPSA) is 132 Å². The van der Waals surface area contributed by atoms with Gasteiger partial charge in [0.15, 0.2) is 0 Å². The Morgan fingerprint density at radius 1 is 1.00 bits per heavy atom. The van der Waals surface area contributed by atoms with Gasteiger partial charge in [-0.05, 0) is 18.2 Å². The fraction of sp³-hybridized carbons (Fsp3) is 0. The first-order chi connectivity index (χ1) is 7.34. The van der Waals surface area contributed by atoms with E-state index in [-0.39, 0.29) is 11.1 Å². The highest BCUT2D eigenvalue weighted by atomic mass is 31.1. The minimum atomic E-state index is -2.87. The van der Waals surface area contributed by atoms with Gasteiger partial charge in [-0.15, -0.1) is 9.79 Å². The summed E-state index contributed by atoms with van der Waals surface area (Å²) in [5.74, 6) is -2.25. The van der Waals surface area contributed by atoms with Gasteiger partial charge in [0.05, 0.1) is 11.1 Å². The molecule has 0 aliphatic rings. The number of rotatable bonds is 2. The molecule has 16 heavy (non-hydrogen) atoms. The van der Waals surface area contributed by atoms with E-state index in [4.69, 9.17) is 24.6 Å². The van der Waals surface area contributed by atoms with Crippen molar-refractivity contribution in [3.8, 4) is 0 Å². The Bertz CT molecular complexity index is 381. The lowest BCUT2D eigenvalue weighted by Crippen LogP contribution is -2.01. The lowest BCUT2D eigenvalue weighted by molar-refractivity contribution is 0.0696. The van der Waals surface area contributed by atoms with E-state index in [1.165, 1.54) is 18.2 Å². The van der Waals surface area contributed by atoms with E-state index >= 15 is 0 Å². The van der Waals surface area contributed by atoms with E-state index in [2.05, 4.69) is 0 Å². The average Bonchev–Trinajstić information content (AvgIpc) is 2.17. The molecular formula is C8H8O7P+. The minimum absolute atomic E-state index is 0.0186. The maximum atomic E-state index is 10.4. The van der Waals surface area contributed by atoms with Crippen LogP contribution in [0.2, 0.25) is 0 Å². The quantitative estimate of drug-likeness (QED) is 0.565. The third kappa shape index (κ3) is 5.82. The monoisotopic (exact) mass is 247 g/mol. The molecule has 0 spiro atoms. The van der Waals surface area contributed by atoms with Crippen LogP contribution in [-0.2, 0) is 4.57 Å². The van der Waals surface area contributed by atoms with Gasteiger partial charge >= 0.3 is 20.2 Å². The molecule has 0 amide bonds. The molecule has 0 bridgehead atoms. The van der Waals surface area contributed by atoms with Crippen molar-refractivity contribution >= 4 is 20.2 Å². The highest BCUT2D eigenvalue weighted by molar-refractivity contribution is 7.30. The zero-order chi connectivity index (χ0) is 12.7. The second-order valence-corrected chi connectivity index (χ2v) is 2.95. The maximum Gasteiger partial charge on any atom is 0.692 e.